The van der Waals surface area contributed by atoms with Gasteiger partial charge in [0.05, 0.1) is 0 Å². The molecule has 1 aliphatic heterocycles. The summed E-state index contributed by atoms with van der Waals surface area (Å²) in [5.74, 6) is 0. The van der Waals surface area contributed by atoms with Crippen LogP contribution in [0.5, 0.6) is 0 Å². The summed E-state index contributed by atoms with van der Waals surface area (Å²) in [6.45, 7) is 1.98. The van der Waals surface area contributed by atoms with Crippen molar-refractivity contribution in [1.29, 1.82) is 0 Å². The highest BCUT2D eigenvalue weighted by molar-refractivity contribution is 7.80. The molecule has 0 aliphatic carbocycles. The Morgan fingerprint density at radius 2 is 2.06 bits per heavy atom. The Kier molecular flexibility index (Phi) is 2.96. The maximum absolute atomic E-state index is 5.32. The quantitative estimate of drug-likeness (QED) is 0.710. The molecule has 0 spiro atoms. The lowest BCUT2D eigenvalue weighted by Gasteiger charge is -2.22. The van der Waals surface area contributed by atoms with Crippen LogP contribution in [0.25, 0.3) is 10.9 Å². The van der Waals surface area contributed by atoms with Crippen molar-refractivity contribution < 1.29 is 0 Å². The van der Waals surface area contributed by atoms with Crippen molar-refractivity contribution in [2.45, 2.75) is 12.8 Å². The number of thiocarbonyl (C=S) groups is 1. The van der Waals surface area contributed by atoms with Crippen molar-refractivity contribution in [2.24, 2.45) is 0 Å². The van der Waals surface area contributed by atoms with Crippen LogP contribution in [0.4, 0.5) is 0 Å². The topological polar surface area (TPSA) is 31.1 Å². The number of hydrogen-bond donors (Lipinski definition) is 2. The van der Waals surface area contributed by atoms with E-state index < -0.39 is 0 Å². The number of H-pyrrole nitrogens is 1. The van der Waals surface area contributed by atoms with Crippen LogP contribution in [-0.4, -0.2) is 35.1 Å². The van der Waals surface area contributed by atoms with E-state index in [-0.39, 0.29) is 0 Å². The molecule has 3 nitrogen and oxygen atoms in total. The van der Waals surface area contributed by atoms with E-state index in [2.05, 4.69) is 39.5 Å². The number of aromatic nitrogens is 1. The SMILES string of the molecule is CNC(=S)N1CCc2[nH]c3ccccc3c2CC1. The van der Waals surface area contributed by atoms with Gasteiger partial charge in [-0.3, -0.25) is 0 Å². The van der Waals surface area contributed by atoms with E-state index in [4.69, 9.17) is 12.2 Å². The second-order valence-electron chi connectivity index (χ2n) is 4.67. The molecule has 94 valence electrons. The van der Waals surface area contributed by atoms with Crippen LogP contribution in [-0.2, 0) is 12.8 Å². The average molecular weight is 259 g/mol. The predicted octanol–water partition coefficient (Wildman–Crippen LogP) is 2.07. The number of nitrogens with zero attached hydrogens (tertiary/aromatic N) is 1. The molecule has 0 bridgehead atoms. The van der Waals surface area contributed by atoms with E-state index in [1.165, 1.54) is 22.2 Å². The van der Waals surface area contributed by atoms with Crippen LogP contribution < -0.4 is 5.32 Å². The van der Waals surface area contributed by atoms with Crippen LogP contribution in [0.2, 0.25) is 0 Å². The molecule has 2 N–H and O–H groups in total. The van der Waals surface area contributed by atoms with E-state index in [1.54, 1.807) is 0 Å². The minimum Gasteiger partial charge on any atom is -0.366 e. The smallest absolute Gasteiger partial charge is 0.168 e. The lowest BCUT2D eigenvalue weighted by atomic mass is 10.1. The summed E-state index contributed by atoms with van der Waals surface area (Å²) >= 11 is 5.32. The molecule has 1 aromatic carbocycles. The summed E-state index contributed by atoms with van der Waals surface area (Å²) in [6.07, 6.45) is 2.09. The third-order valence-corrected chi connectivity index (χ3v) is 4.13. The number of fused-ring (bicyclic) bond motifs is 3. The van der Waals surface area contributed by atoms with Crippen LogP contribution in [0.3, 0.4) is 0 Å². The first-order chi connectivity index (χ1) is 8.79. The first kappa shape index (κ1) is 11.5. The van der Waals surface area contributed by atoms with Crippen LogP contribution in [0.1, 0.15) is 11.3 Å². The molecule has 0 unspecified atom stereocenters. The molecule has 0 radical (unpaired) electrons. The van der Waals surface area contributed by atoms with Gasteiger partial charge in [-0.15, -0.1) is 0 Å². The van der Waals surface area contributed by atoms with Gasteiger partial charge in [0.25, 0.3) is 0 Å². The Morgan fingerprint density at radius 3 is 2.89 bits per heavy atom. The molecule has 0 saturated carbocycles. The van der Waals surface area contributed by atoms with Gasteiger partial charge in [0.1, 0.15) is 0 Å². The van der Waals surface area contributed by atoms with Gasteiger partial charge in [-0.05, 0) is 30.3 Å². The first-order valence-corrected chi connectivity index (χ1v) is 6.75. The number of aromatic amines is 1. The second kappa shape index (κ2) is 4.61. The number of benzene rings is 1. The summed E-state index contributed by atoms with van der Waals surface area (Å²) in [5, 5.41) is 5.28. The van der Waals surface area contributed by atoms with E-state index >= 15 is 0 Å². The monoisotopic (exact) mass is 259 g/mol. The molecule has 3 rings (SSSR count). The molecule has 2 aromatic rings. The van der Waals surface area contributed by atoms with Crippen molar-refractivity contribution >= 4 is 28.2 Å². The molecule has 4 heteroatoms. The third-order valence-electron chi connectivity index (χ3n) is 3.67. The maximum atomic E-state index is 5.32. The Hall–Kier alpha value is -1.55. The number of nitrogens with one attached hydrogen (secondary N) is 2. The van der Waals surface area contributed by atoms with Gasteiger partial charge in [-0.2, -0.15) is 0 Å². The zero-order chi connectivity index (χ0) is 12.5. The van der Waals surface area contributed by atoms with Gasteiger partial charge in [0.15, 0.2) is 5.11 Å². The molecule has 1 aliphatic rings. The minimum absolute atomic E-state index is 0.851. The van der Waals surface area contributed by atoms with Crippen molar-refractivity contribution in [3.05, 3.63) is 35.5 Å². The molecule has 0 amide bonds. The minimum atomic E-state index is 0.851. The highest BCUT2D eigenvalue weighted by Gasteiger charge is 2.18. The van der Waals surface area contributed by atoms with E-state index in [0.29, 0.717) is 0 Å². The molecule has 0 fully saturated rings. The van der Waals surface area contributed by atoms with Crippen molar-refractivity contribution in [3.8, 4) is 0 Å². The van der Waals surface area contributed by atoms with Crippen molar-refractivity contribution in [2.75, 3.05) is 20.1 Å². The van der Waals surface area contributed by atoms with Gasteiger partial charge in [0, 0.05) is 43.2 Å². The summed E-state index contributed by atoms with van der Waals surface area (Å²) < 4.78 is 0. The molecular formula is C14H17N3S. The summed E-state index contributed by atoms with van der Waals surface area (Å²) in [5.41, 5.74) is 4.09. The lowest BCUT2D eigenvalue weighted by molar-refractivity contribution is 0.434. The third kappa shape index (κ3) is 1.86. The number of rotatable bonds is 0. The van der Waals surface area contributed by atoms with Gasteiger partial charge < -0.3 is 15.2 Å². The zero-order valence-electron chi connectivity index (χ0n) is 10.5. The van der Waals surface area contributed by atoms with Crippen LogP contribution >= 0.6 is 12.2 Å². The predicted molar refractivity (Wildman–Crippen MR) is 78.9 cm³/mol. The number of para-hydroxylation sites is 1. The Morgan fingerprint density at radius 1 is 1.28 bits per heavy atom. The standard InChI is InChI=1S/C14H17N3S/c1-15-14(18)17-8-6-11-10-4-2-3-5-12(10)16-13(11)7-9-17/h2-5,16H,6-9H2,1H3,(H,15,18). The molecule has 0 atom stereocenters. The fraction of sp³-hybridized carbons (Fsp3) is 0.357. The van der Waals surface area contributed by atoms with Crippen LogP contribution in [0.15, 0.2) is 24.3 Å². The fourth-order valence-electron chi connectivity index (χ4n) is 2.72. The molecule has 18 heavy (non-hydrogen) atoms. The zero-order valence-corrected chi connectivity index (χ0v) is 11.3. The molecule has 0 saturated heterocycles. The Labute approximate surface area is 112 Å². The Balaban J connectivity index is 1.93. The van der Waals surface area contributed by atoms with E-state index in [1.807, 2.05) is 7.05 Å². The van der Waals surface area contributed by atoms with Gasteiger partial charge in [-0.25, -0.2) is 0 Å². The fourth-order valence-corrected chi connectivity index (χ4v) is 2.90. The van der Waals surface area contributed by atoms with Crippen molar-refractivity contribution in [3.63, 3.8) is 0 Å². The van der Waals surface area contributed by atoms with Crippen LogP contribution in [0, 0.1) is 0 Å². The highest BCUT2D eigenvalue weighted by atomic mass is 32.1. The average Bonchev–Trinajstić information content (AvgIpc) is 2.63. The van der Waals surface area contributed by atoms with Crippen molar-refractivity contribution in [1.82, 2.24) is 15.2 Å². The van der Waals surface area contributed by atoms with Gasteiger partial charge in [0.2, 0.25) is 0 Å². The Bertz CT molecular complexity index is 588. The highest BCUT2D eigenvalue weighted by Crippen LogP contribution is 2.25. The molecule has 2 heterocycles. The largest absolute Gasteiger partial charge is 0.366 e. The molecular weight excluding hydrogens is 242 g/mol. The normalized spacial score (nSPS) is 15.3. The van der Waals surface area contributed by atoms with Gasteiger partial charge >= 0.3 is 0 Å². The number of hydrogen-bond acceptors (Lipinski definition) is 1. The maximum Gasteiger partial charge on any atom is 0.168 e. The lowest BCUT2D eigenvalue weighted by Crippen LogP contribution is -2.39. The van der Waals surface area contributed by atoms with Gasteiger partial charge in [-0.1, -0.05) is 18.2 Å². The van der Waals surface area contributed by atoms with E-state index in [9.17, 15) is 0 Å². The first-order valence-electron chi connectivity index (χ1n) is 6.34. The summed E-state index contributed by atoms with van der Waals surface area (Å²) in [6, 6.07) is 8.55. The molecule has 1 aromatic heterocycles. The summed E-state index contributed by atoms with van der Waals surface area (Å²) in [7, 11) is 1.89. The second-order valence-corrected chi connectivity index (χ2v) is 5.06. The van der Waals surface area contributed by atoms with E-state index in [0.717, 1.165) is 31.0 Å². The summed E-state index contributed by atoms with van der Waals surface area (Å²) in [4.78, 5) is 5.79.